The van der Waals surface area contributed by atoms with Gasteiger partial charge in [0.1, 0.15) is 0 Å². The molecule has 0 unspecified atom stereocenters. The summed E-state index contributed by atoms with van der Waals surface area (Å²) >= 11 is 7.84. The molecule has 0 bridgehead atoms. The van der Waals surface area contributed by atoms with E-state index in [0.717, 1.165) is 28.0 Å². The van der Waals surface area contributed by atoms with E-state index >= 15 is 0 Å². The molecule has 24 heavy (non-hydrogen) atoms. The summed E-state index contributed by atoms with van der Waals surface area (Å²) in [6, 6.07) is 15.9. The van der Waals surface area contributed by atoms with Gasteiger partial charge < -0.3 is 5.73 Å². The first-order valence-corrected chi connectivity index (χ1v) is 9.07. The second-order valence-corrected chi connectivity index (χ2v) is 7.05. The van der Waals surface area contributed by atoms with Crippen molar-refractivity contribution in [2.24, 2.45) is 5.73 Å². The first kappa shape index (κ1) is 17.0. The van der Waals surface area contributed by atoms with Gasteiger partial charge in [-0.1, -0.05) is 59.8 Å². The van der Waals surface area contributed by atoms with Crippen molar-refractivity contribution in [3.63, 3.8) is 0 Å². The van der Waals surface area contributed by atoms with Crippen molar-refractivity contribution in [2.45, 2.75) is 30.8 Å². The third-order valence-electron chi connectivity index (χ3n) is 3.69. The molecule has 1 heterocycles. The molecule has 0 saturated carbocycles. The molecule has 2 N–H and O–H groups in total. The number of benzene rings is 2. The van der Waals surface area contributed by atoms with Gasteiger partial charge in [0.15, 0.2) is 11.0 Å². The fourth-order valence-electron chi connectivity index (χ4n) is 2.44. The standard InChI is InChI=1S/C18H19ClN4S/c1-12-8-9-15(19)10-16(12)23-17(13(2)20)21-22-18(23)24-11-14-6-4-3-5-7-14/h3-10,13H,11,20H2,1-2H3/t13-/m1/s1. The Bertz CT molecular complexity index is 830. The lowest BCUT2D eigenvalue weighted by Crippen LogP contribution is -2.13. The zero-order chi connectivity index (χ0) is 17.1. The SMILES string of the molecule is Cc1ccc(Cl)cc1-n1c(SCc2ccccc2)nnc1[C@@H](C)N. The normalized spacial score (nSPS) is 12.3. The van der Waals surface area contributed by atoms with Crippen LogP contribution in [0.15, 0.2) is 53.7 Å². The van der Waals surface area contributed by atoms with E-state index in [1.54, 1.807) is 11.8 Å². The third-order valence-corrected chi connectivity index (χ3v) is 4.92. The van der Waals surface area contributed by atoms with E-state index in [2.05, 4.69) is 22.3 Å². The number of rotatable bonds is 5. The summed E-state index contributed by atoms with van der Waals surface area (Å²) in [7, 11) is 0. The molecule has 4 nitrogen and oxygen atoms in total. The second kappa shape index (κ2) is 7.38. The third kappa shape index (κ3) is 3.64. The Labute approximate surface area is 151 Å². The summed E-state index contributed by atoms with van der Waals surface area (Å²) in [6.45, 7) is 3.95. The highest BCUT2D eigenvalue weighted by molar-refractivity contribution is 7.98. The van der Waals surface area contributed by atoms with Crippen molar-refractivity contribution >= 4 is 23.4 Å². The van der Waals surface area contributed by atoms with Gasteiger partial charge in [-0.05, 0) is 37.1 Å². The minimum Gasteiger partial charge on any atom is -0.322 e. The van der Waals surface area contributed by atoms with Gasteiger partial charge in [0.25, 0.3) is 0 Å². The first-order valence-electron chi connectivity index (χ1n) is 7.70. The van der Waals surface area contributed by atoms with Gasteiger partial charge in [-0.15, -0.1) is 10.2 Å². The minimum absolute atomic E-state index is 0.220. The van der Waals surface area contributed by atoms with Crippen molar-refractivity contribution in [3.05, 3.63) is 70.5 Å². The summed E-state index contributed by atoms with van der Waals surface area (Å²) in [5, 5.41) is 10.1. The van der Waals surface area contributed by atoms with Crippen LogP contribution in [-0.2, 0) is 5.75 Å². The lowest BCUT2D eigenvalue weighted by atomic mass is 10.2. The van der Waals surface area contributed by atoms with Crippen LogP contribution in [0.1, 0.15) is 29.9 Å². The van der Waals surface area contributed by atoms with Crippen LogP contribution in [0.2, 0.25) is 5.02 Å². The maximum absolute atomic E-state index is 6.20. The van der Waals surface area contributed by atoms with Crippen LogP contribution in [0.5, 0.6) is 0 Å². The summed E-state index contributed by atoms with van der Waals surface area (Å²) in [6.07, 6.45) is 0. The molecule has 124 valence electrons. The summed E-state index contributed by atoms with van der Waals surface area (Å²) in [5.74, 6) is 1.55. The van der Waals surface area contributed by atoms with E-state index in [1.807, 2.05) is 54.8 Å². The summed E-state index contributed by atoms with van der Waals surface area (Å²) in [5.41, 5.74) is 9.40. The summed E-state index contributed by atoms with van der Waals surface area (Å²) in [4.78, 5) is 0. The largest absolute Gasteiger partial charge is 0.322 e. The number of aromatic nitrogens is 3. The lowest BCUT2D eigenvalue weighted by Gasteiger charge is -2.14. The fraction of sp³-hybridized carbons (Fsp3) is 0.222. The molecule has 1 atom stereocenters. The number of halogens is 1. The quantitative estimate of drug-likeness (QED) is 0.680. The molecule has 0 aliphatic rings. The molecule has 3 aromatic rings. The molecular formula is C18H19ClN4S. The molecule has 1 aromatic heterocycles. The molecule has 0 saturated heterocycles. The average Bonchev–Trinajstić information content (AvgIpc) is 3.00. The molecular weight excluding hydrogens is 340 g/mol. The number of thioether (sulfide) groups is 1. The Morgan fingerprint density at radius 3 is 2.62 bits per heavy atom. The van der Waals surface area contributed by atoms with Crippen LogP contribution in [0.25, 0.3) is 5.69 Å². The van der Waals surface area contributed by atoms with E-state index in [9.17, 15) is 0 Å². The van der Waals surface area contributed by atoms with Crippen molar-refractivity contribution in [1.82, 2.24) is 14.8 Å². The zero-order valence-electron chi connectivity index (χ0n) is 13.6. The zero-order valence-corrected chi connectivity index (χ0v) is 15.2. The van der Waals surface area contributed by atoms with E-state index in [-0.39, 0.29) is 6.04 Å². The van der Waals surface area contributed by atoms with Crippen molar-refractivity contribution in [1.29, 1.82) is 0 Å². The average molecular weight is 359 g/mol. The number of nitrogens with zero attached hydrogens (tertiary/aromatic N) is 3. The predicted octanol–water partition coefficient (Wildman–Crippen LogP) is 4.54. The van der Waals surface area contributed by atoms with Gasteiger partial charge in [-0.25, -0.2) is 0 Å². The topological polar surface area (TPSA) is 56.7 Å². The maximum atomic E-state index is 6.20. The highest BCUT2D eigenvalue weighted by Crippen LogP contribution is 2.29. The van der Waals surface area contributed by atoms with E-state index in [0.29, 0.717) is 5.02 Å². The Morgan fingerprint density at radius 1 is 1.17 bits per heavy atom. The number of aryl methyl sites for hydroxylation is 1. The van der Waals surface area contributed by atoms with Crippen LogP contribution in [0.4, 0.5) is 0 Å². The number of nitrogens with two attached hydrogens (primary N) is 1. The Balaban J connectivity index is 2.00. The summed E-state index contributed by atoms with van der Waals surface area (Å²) < 4.78 is 2.01. The van der Waals surface area contributed by atoms with Crippen LogP contribution >= 0.6 is 23.4 Å². The second-order valence-electron chi connectivity index (χ2n) is 5.67. The molecule has 0 amide bonds. The molecule has 6 heteroatoms. The van der Waals surface area contributed by atoms with Crippen molar-refractivity contribution in [2.75, 3.05) is 0 Å². The van der Waals surface area contributed by atoms with Gasteiger partial charge >= 0.3 is 0 Å². The Hall–Kier alpha value is -1.82. The van der Waals surface area contributed by atoms with Gasteiger partial charge in [0, 0.05) is 10.8 Å². The molecule has 3 rings (SSSR count). The monoisotopic (exact) mass is 358 g/mol. The molecule has 0 aliphatic carbocycles. The highest BCUT2D eigenvalue weighted by atomic mass is 35.5. The van der Waals surface area contributed by atoms with Gasteiger partial charge in [0.2, 0.25) is 0 Å². The maximum Gasteiger partial charge on any atom is 0.196 e. The molecule has 0 spiro atoms. The van der Waals surface area contributed by atoms with Gasteiger partial charge in [0.05, 0.1) is 11.7 Å². The van der Waals surface area contributed by atoms with Gasteiger partial charge in [-0.3, -0.25) is 4.57 Å². The van der Waals surface area contributed by atoms with Crippen LogP contribution < -0.4 is 5.73 Å². The van der Waals surface area contributed by atoms with Gasteiger partial charge in [-0.2, -0.15) is 0 Å². The first-order chi connectivity index (χ1) is 11.6. The van der Waals surface area contributed by atoms with E-state index < -0.39 is 0 Å². The predicted molar refractivity (Wildman–Crippen MR) is 99.7 cm³/mol. The lowest BCUT2D eigenvalue weighted by molar-refractivity contribution is 0.703. The van der Waals surface area contributed by atoms with Crippen molar-refractivity contribution < 1.29 is 0 Å². The van der Waals surface area contributed by atoms with Crippen LogP contribution in [-0.4, -0.2) is 14.8 Å². The van der Waals surface area contributed by atoms with Crippen LogP contribution in [0, 0.1) is 6.92 Å². The van der Waals surface area contributed by atoms with Crippen molar-refractivity contribution in [3.8, 4) is 5.69 Å². The fourth-order valence-corrected chi connectivity index (χ4v) is 3.52. The molecule has 0 radical (unpaired) electrons. The number of hydrogen-bond acceptors (Lipinski definition) is 4. The van der Waals surface area contributed by atoms with Crippen LogP contribution in [0.3, 0.4) is 0 Å². The minimum atomic E-state index is -0.220. The number of hydrogen-bond donors (Lipinski definition) is 1. The molecule has 0 fully saturated rings. The smallest absolute Gasteiger partial charge is 0.196 e. The highest BCUT2D eigenvalue weighted by Gasteiger charge is 2.18. The molecule has 0 aliphatic heterocycles. The van der Waals surface area contributed by atoms with E-state index in [1.165, 1.54) is 5.56 Å². The Morgan fingerprint density at radius 2 is 1.92 bits per heavy atom. The molecule has 2 aromatic carbocycles. The Kier molecular flexibility index (Phi) is 5.23. The van der Waals surface area contributed by atoms with E-state index in [4.69, 9.17) is 17.3 Å².